The first kappa shape index (κ1) is 29.6. The Hall–Kier alpha value is 0.430. The fraction of sp³-hybridized carbons (Fsp3) is 0.957. The van der Waals surface area contributed by atoms with Gasteiger partial charge in [0.05, 0.1) is 6.61 Å². The third kappa shape index (κ3) is 21.0. The summed E-state index contributed by atoms with van der Waals surface area (Å²) in [5.74, 6) is -0.103. The quantitative estimate of drug-likeness (QED) is 0.163. The molecule has 4 heteroatoms. The van der Waals surface area contributed by atoms with E-state index in [1.54, 1.807) is 0 Å². The summed E-state index contributed by atoms with van der Waals surface area (Å²) in [5, 5.41) is 0. The van der Waals surface area contributed by atoms with Crippen LogP contribution in [0.3, 0.4) is 0 Å². The predicted molar refractivity (Wildman–Crippen MR) is 120 cm³/mol. The molecule has 2 N–H and O–H groups in total. The van der Waals surface area contributed by atoms with E-state index in [1.807, 2.05) is 13.8 Å². The molecule has 0 aromatic carbocycles. The third-order valence-electron chi connectivity index (χ3n) is 5.23. The molecule has 3 nitrogen and oxygen atoms in total. The molecule has 0 bridgehead atoms. The van der Waals surface area contributed by atoms with Gasteiger partial charge in [0.2, 0.25) is 0 Å². The average molecular weight is 394 g/mol. The Morgan fingerprint density at radius 3 is 1.37 bits per heavy atom. The second-order valence-electron chi connectivity index (χ2n) is 8.24. The molecule has 0 aliphatic rings. The Morgan fingerprint density at radius 1 is 0.704 bits per heavy atom. The van der Waals surface area contributed by atoms with Crippen molar-refractivity contribution in [3.63, 3.8) is 0 Å². The van der Waals surface area contributed by atoms with Gasteiger partial charge in [-0.05, 0) is 12.3 Å². The second kappa shape index (κ2) is 22.7. The molecule has 0 saturated carbocycles. The minimum atomic E-state index is -0.476. The van der Waals surface area contributed by atoms with Crippen molar-refractivity contribution in [2.24, 2.45) is 11.7 Å². The van der Waals surface area contributed by atoms with Gasteiger partial charge in [-0.2, -0.15) is 0 Å². The van der Waals surface area contributed by atoms with E-state index >= 15 is 0 Å². The molecule has 0 aromatic rings. The first-order valence-electron chi connectivity index (χ1n) is 11.5. The fourth-order valence-corrected chi connectivity index (χ4v) is 3.19. The van der Waals surface area contributed by atoms with E-state index in [2.05, 4.69) is 6.92 Å². The van der Waals surface area contributed by atoms with Crippen LogP contribution < -0.4 is 5.73 Å². The van der Waals surface area contributed by atoms with Crippen molar-refractivity contribution < 1.29 is 9.53 Å². The van der Waals surface area contributed by atoms with E-state index in [0.29, 0.717) is 6.61 Å². The number of carbonyl (C=O) groups is 1. The number of rotatable bonds is 19. The van der Waals surface area contributed by atoms with Crippen molar-refractivity contribution in [1.82, 2.24) is 0 Å². The van der Waals surface area contributed by atoms with Crippen LogP contribution >= 0.6 is 0 Å². The first-order valence-corrected chi connectivity index (χ1v) is 11.5. The maximum absolute atomic E-state index is 11.6. The molecule has 158 valence electrons. The van der Waals surface area contributed by atoms with Gasteiger partial charge in [-0.1, -0.05) is 117 Å². The van der Waals surface area contributed by atoms with Gasteiger partial charge in [-0.3, -0.25) is 4.79 Å². The van der Waals surface area contributed by atoms with Crippen LogP contribution in [-0.4, -0.2) is 48.2 Å². The van der Waals surface area contributed by atoms with Crippen LogP contribution in [0.2, 0.25) is 0 Å². The van der Waals surface area contributed by atoms with Crippen LogP contribution in [0.25, 0.3) is 0 Å². The number of nitrogens with two attached hydrogens (primary N) is 1. The standard InChI is InChI=1S/C23H47NO2.Na.H/c1-4-5-6-7-8-9-10-11-12-13-14-15-16-17-18-19-20-26-23(25)22(24)21(2)3;;/h21-22H,4-20,24H2,1-3H3;;/t22-;;/m0../s1. The van der Waals surface area contributed by atoms with Crippen molar-refractivity contribution in [3.05, 3.63) is 0 Å². The molecule has 0 radical (unpaired) electrons. The van der Waals surface area contributed by atoms with E-state index in [1.165, 1.54) is 89.9 Å². The van der Waals surface area contributed by atoms with Crippen LogP contribution in [0.15, 0.2) is 0 Å². The SMILES string of the molecule is CCCCCCCCCCCCCCCCCCOC(=O)[C@@H](N)C(C)C.[NaH]. The van der Waals surface area contributed by atoms with Crippen LogP contribution in [-0.2, 0) is 9.53 Å². The van der Waals surface area contributed by atoms with E-state index in [9.17, 15) is 4.79 Å². The van der Waals surface area contributed by atoms with Crippen LogP contribution in [0.5, 0.6) is 0 Å². The molecule has 0 aliphatic heterocycles. The summed E-state index contributed by atoms with van der Waals surface area (Å²) in [7, 11) is 0. The Bertz CT molecular complexity index is 311. The summed E-state index contributed by atoms with van der Waals surface area (Å²) in [6, 6.07) is -0.476. The molecular weight excluding hydrogens is 345 g/mol. The van der Waals surface area contributed by atoms with E-state index in [-0.39, 0.29) is 41.4 Å². The number of carbonyl (C=O) groups excluding carboxylic acids is 1. The molecule has 0 amide bonds. The van der Waals surface area contributed by atoms with Gasteiger partial charge in [0, 0.05) is 0 Å². The van der Waals surface area contributed by atoms with Crippen LogP contribution in [0, 0.1) is 5.92 Å². The van der Waals surface area contributed by atoms with Crippen LogP contribution in [0.4, 0.5) is 0 Å². The van der Waals surface area contributed by atoms with Gasteiger partial charge in [0.1, 0.15) is 6.04 Å². The summed E-state index contributed by atoms with van der Waals surface area (Å²) in [6.45, 7) is 6.70. The summed E-state index contributed by atoms with van der Waals surface area (Å²) in [5.41, 5.74) is 5.76. The van der Waals surface area contributed by atoms with E-state index < -0.39 is 6.04 Å². The number of hydrogen-bond donors (Lipinski definition) is 1. The van der Waals surface area contributed by atoms with Gasteiger partial charge >= 0.3 is 35.5 Å². The van der Waals surface area contributed by atoms with Crippen molar-refractivity contribution in [3.8, 4) is 0 Å². The summed E-state index contributed by atoms with van der Waals surface area (Å²) in [6.07, 6.45) is 21.6. The molecule has 1 atom stereocenters. The topological polar surface area (TPSA) is 52.3 Å². The molecule has 0 aromatic heterocycles. The van der Waals surface area contributed by atoms with Crippen molar-refractivity contribution in [2.45, 2.75) is 130 Å². The number of unbranched alkanes of at least 4 members (excludes halogenated alkanes) is 15. The number of esters is 1. The number of ether oxygens (including phenoxy) is 1. The predicted octanol–water partition coefficient (Wildman–Crippen LogP) is 6.13. The zero-order chi connectivity index (χ0) is 19.5. The van der Waals surface area contributed by atoms with E-state index in [4.69, 9.17) is 10.5 Å². The van der Waals surface area contributed by atoms with Crippen molar-refractivity contribution in [2.75, 3.05) is 6.61 Å². The molecule has 0 heterocycles. The summed E-state index contributed by atoms with van der Waals surface area (Å²) < 4.78 is 5.22. The van der Waals surface area contributed by atoms with Gasteiger partial charge < -0.3 is 10.5 Å². The molecule has 0 fully saturated rings. The van der Waals surface area contributed by atoms with Crippen LogP contribution in [0.1, 0.15) is 124 Å². The van der Waals surface area contributed by atoms with Crippen molar-refractivity contribution in [1.29, 1.82) is 0 Å². The average Bonchev–Trinajstić information content (AvgIpc) is 2.63. The second-order valence-corrected chi connectivity index (χ2v) is 8.24. The summed E-state index contributed by atoms with van der Waals surface area (Å²) in [4.78, 5) is 11.6. The molecular formula is C23H48NNaO2. The third-order valence-corrected chi connectivity index (χ3v) is 5.23. The first-order chi connectivity index (χ1) is 12.6. The molecule has 0 saturated heterocycles. The Balaban J connectivity index is 0. The van der Waals surface area contributed by atoms with Crippen molar-refractivity contribution >= 4 is 35.5 Å². The van der Waals surface area contributed by atoms with E-state index in [0.717, 1.165) is 12.8 Å². The molecule has 0 spiro atoms. The molecule has 27 heavy (non-hydrogen) atoms. The molecule has 0 unspecified atom stereocenters. The Labute approximate surface area is 192 Å². The maximum atomic E-state index is 11.6. The Morgan fingerprint density at radius 2 is 1.04 bits per heavy atom. The van der Waals surface area contributed by atoms with Gasteiger partial charge in [-0.15, -0.1) is 0 Å². The molecule has 0 aliphatic carbocycles. The van der Waals surface area contributed by atoms with Gasteiger partial charge in [-0.25, -0.2) is 0 Å². The monoisotopic (exact) mass is 393 g/mol. The Kier molecular flexibility index (Phi) is 24.9. The number of hydrogen-bond acceptors (Lipinski definition) is 3. The zero-order valence-electron chi connectivity index (χ0n) is 18.1. The zero-order valence-corrected chi connectivity index (χ0v) is 18.1. The minimum absolute atomic E-state index is 0. The fourth-order valence-electron chi connectivity index (χ4n) is 3.19. The van der Waals surface area contributed by atoms with Gasteiger partial charge in [0.25, 0.3) is 0 Å². The summed E-state index contributed by atoms with van der Waals surface area (Å²) >= 11 is 0. The molecule has 0 rings (SSSR count). The van der Waals surface area contributed by atoms with Gasteiger partial charge in [0.15, 0.2) is 0 Å². The normalized spacial score (nSPS) is 12.0.